The molecule has 1 heteroatoms. The smallest absolute Gasteiger partial charge is 0.0629 e. The highest BCUT2D eigenvalue weighted by Crippen LogP contribution is 2.47. The van der Waals surface area contributed by atoms with Gasteiger partial charge in [0, 0.05) is 25.7 Å². The van der Waals surface area contributed by atoms with Crippen LogP contribution in [0, 0.1) is 0 Å². The molecule has 0 saturated carbocycles. The Bertz CT molecular complexity index is 2500. The molecule has 0 N–H and O–H groups in total. The second-order valence-corrected chi connectivity index (χ2v) is 10.1. The van der Waals surface area contributed by atoms with Crippen molar-refractivity contribution < 1.29 is 11.0 Å². The molecular formula is C36H22S. The van der Waals surface area contributed by atoms with Crippen LogP contribution in [0.5, 0.6) is 0 Å². The quantitative estimate of drug-likeness (QED) is 0.210. The molecule has 0 unspecified atom stereocenters. The summed E-state index contributed by atoms with van der Waals surface area (Å²) in [6.45, 7) is 0. The first-order chi connectivity index (χ1) is 21.7. The van der Waals surface area contributed by atoms with Gasteiger partial charge < -0.3 is 0 Å². The molecule has 1 aromatic heterocycles. The van der Waals surface area contributed by atoms with Crippen molar-refractivity contribution >= 4 is 63.8 Å². The van der Waals surface area contributed by atoms with E-state index < -0.39 is 24.2 Å². The number of fused-ring (bicyclic) bond motifs is 6. The van der Waals surface area contributed by atoms with E-state index in [1.54, 1.807) is 11.3 Å². The van der Waals surface area contributed by atoms with Crippen LogP contribution in [0.25, 0.3) is 74.7 Å². The molecule has 0 aliphatic carbocycles. The third kappa shape index (κ3) is 3.08. The molecule has 0 saturated heterocycles. The number of thiophene rings is 1. The van der Waals surface area contributed by atoms with E-state index in [-0.39, 0.29) is 45.7 Å². The minimum atomic E-state index is -0.402. The Labute approximate surface area is 230 Å². The molecule has 0 aliphatic heterocycles. The molecule has 0 aliphatic rings. The fourth-order valence-electron chi connectivity index (χ4n) is 5.47. The fourth-order valence-corrected chi connectivity index (χ4v) is 6.69. The van der Waals surface area contributed by atoms with Gasteiger partial charge in [-0.2, -0.15) is 0 Å². The van der Waals surface area contributed by atoms with Gasteiger partial charge in [0.15, 0.2) is 0 Å². The van der Waals surface area contributed by atoms with Crippen LogP contribution in [0.3, 0.4) is 0 Å². The maximum absolute atomic E-state index is 9.24. The average molecular weight is 495 g/mol. The van der Waals surface area contributed by atoms with Gasteiger partial charge in [-0.25, -0.2) is 0 Å². The minimum Gasteiger partial charge on any atom is -0.135 e. The predicted molar refractivity (Wildman–Crippen MR) is 163 cm³/mol. The van der Waals surface area contributed by atoms with Crippen molar-refractivity contribution in [2.45, 2.75) is 0 Å². The summed E-state index contributed by atoms with van der Waals surface area (Å²) in [5.41, 5.74) is 1.99. The summed E-state index contributed by atoms with van der Waals surface area (Å²) < 4.78 is 73.5. The van der Waals surface area contributed by atoms with Crippen molar-refractivity contribution in [2.24, 2.45) is 0 Å². The Balaban J connectivity index is 1.70. The molecule has 0 spiro atoms. The van der Waals surface area contributed by atoms with Crippen LogP contribution in [-0.2, 0) is 0 Å². The molecule has 0 fully saturated rings. The second-order valence-electron chi connectivity index (χ2n) is 9.09. The Morgan fingerprint density at radius 1 is 0.486 bits per heavy atom. The third-order valence-electron chi connectivity index (χ3n) is 7.09. The van der Waals surface area contributed by atoms with Crippen LogP contribution in [0.15, 0.2) is 133 Å². The Hall–Kier alpha value is -4.46. The van der Waals surface area contributed by atoms with E-state index >= 15 is 0 Å². The van der Waals surface area contributed by atoms with E-state index in [2.05, 4.69) is 0 Å². The summed E-state index contributed by atoms with van der Waals surface area (Å²) in [5, 5.41) is 4.80. The van der Waals surface area contributed by atoms with Gasteiger partial charge in [-0.3, -0.25) is 0 Å². The number of hydrogen-bond acceptors (Lipinski definition) is 1. The first-order valence-electron chi connectivity index (χ1n) is 16.0. The van der Waals surface area contributed by atoms with Gasteiger partial charge in [0.05, 0.1) is 11.0 Å². The fraction of sp³-hybridized carbons (Fsp3) is 0. The van der Waals surface area contributed by atoms with Crippen molar-refractivity contribution in [1.29, 1.82) is 0 Å². The molecule has 8 rings (SSSR count). The van der Waals surface area contributed by atoms with Crippen molar-refractivity contribution in [3.8, 4) is 22.3 Å². The lowest BCUT2D eigenvalue weighted by molar-refractivity contribution is 1.69. The largest absolute Gasteiger partial charge is 0.135 e. The molecule has 0 nitrogen and oxygen atoms in total. The van der Waals surface area contributed by atoms with Crippen LogP contribution in [0.1, 0.15) is 11.0 Å². The Kier molecular flexibility index (Phi) is 3.11. The molecule has 8 aromatic rings. The first kappa shape index (κ1) is 14.3. The standard InChI is InChI=1S/C36H22S/c1-2-11-24-22-25(21-20-23(24)10-1)34-27-13-3-5-15-29(27)35(30-16-6-4-14-28(30)34)32-18-9-17-31-26-12-7-8-19-33(26)37-36(31)32/h1-22H/i3D,4D,5D,6D,13D,14D,15D,16D. The summed E-state index contributed by atoms with van der Waals surface area (Å²) in [6.07, 6.45) is 0. The van der Waals surface area contributed by atoms with Crippen molar-refractivity contribution in [2.75, 3.05) is 0 Å². The topological polar surface area (TPSA) is 0 Å². The van der Waals surface area contributed by atoms with E-state index in [9.17, 15) is 5.48 Å². The molecule has 7 aromatic carbocycles. The van der Waals surface area contributed by atoms with Gasteiger partial charge in [0.1, 0.15) is 0 Å². The molecule has 1 heterocycles. The Morgan fingerprint density at radius 3 is 1.86 bits per heavy atom. The lowest BCUT2D eigenvalue weighted by Gasteiger charge is -2.18. The third-order valence-corrected chi connectivity index (χ3v) is 8.31. The van der Waals surface area contributed by atoms with E-state index in [0.717, 1.165) is 30.9 Å². The van der Waals surface area contributed by atoms with Crippen LogP contribution in [-0.4, -0.2) is 0 Å². The lowest BCUT2D eigenvalue weighted by Crippen LogP contribution is -1.91. The average Bonchev–Trinajstić information content (AvgIpc) is 3.45. The van der Waals surface area contributed by atoms with Crippen LogP contribution in [0.2, 0.25) is 0 Å². The minimum absolute atomic E-state index is 0.224. The molecule has 0 atom stereocenters. The van der Waals surface area contributed by atoms with Gasteiger partial charge in [-0.15, -0.1) is 11.3 Å². The molecular weight excluding hydrogens is 464 g/mol. The SMILES string of the molecule is [2H]c1c([2H])c([2H])c2c(-c3cccc4c3sc3ccccc34)c3c([2H])c([2H])c([2H])c([2H])c3c(-c3ccc4ccccc4c3)c2c1[2H]. The Morgan fingerprint density at radius 2 is 1.11 bits per heavy atom. The van der Waals surface area contributed by atoms with E-state index in [1.807, 2.05) is 84.9 Å². The summed E-state index contributed by atoms with van der Waals surface area (Å²) >= 11 is 1.55. The first-order valence-corrected chi connectivity index (χ1v) is 12.9. The summed E-state index contributed by atoms with van der Waals surface area (Å²) in [4.78, 5) is 0. The normalized spacial score (nSPS) is 14.8. The predicted octanol–water partition coefficient (Wildman–Crippen LogP) is 10.8. The van der Waals surface area contributed by atoms with E-state index in [4.69, 9.17) is 5.48 Å². The molecule has 37 heavy (non-hydrogen) atoms. The summed E-state index contributed by atoms with van der Waals surface area (Å²) in [6, 6.07) is 24.6. The van der Waals surface area contributed by atoms with Gasteiger partial charge in [0.25, 0.3) is 0 Å². The van der Waals surface area contributed by atoms with Gasteiger partial charge in [0.2, 0.25) is 0 Å². The monoisotopic (exact) mass is 494 g/mol. The molecule has 0 bridgehead atoms. The maximum atomic E-state index is 9.24. The highest BCUT2D eigenvalue weighted by molar-refractivity contribution is 7.26. The second kappa shape index (κ2) is 8.03. The zero-order valence-corrected chi connectivity index (χ0v) is 20.3. The van der Waals surface area contributed by atoms with Crippen LogP contribution >= 0.6 is 11.3 Å². The highest BCUT2D eigenvalue weighted by atomic mass is 32.1. The summed E-state index contributed by atoms with van der Waals surface area (Å²) in [5.74, 6) is 0. The zero-order chi connectivity index (χ0) is 31.3. The summed E-state index contributed by atoms with van der Waals surface area (Å²) in [7, 11) is 0. The lowest BCUT2D eigenvalue weighted by atomic mass is 9.85. The van der Waals surface area contributed by atoms with Gasteiger partial charge in [-0.1, -0.05) is 121 Å². The van der Waals surface area contributed by atoms with E-state index in [1.165, 1.54) is 0 Å². The highest BCUT2D eigenvalue weighted by Gasteiger charge is 2.19. The van der Waals surface area contributed by atoms with E-state index in [0.29, 0.717) is 22.3 Å². The van der Waals surface area contributed by atoms with Gasteiger partial charge in [-0.05, 0) is 61.1 Å². The maximum Gasteiger partial charge on any atom is 0.0629 e. The zero-order valence-electron chi connectivity index (χ0n) is 27.5. The van der Waals surface area contributed by atoms with Crippen molar-refractivity contribution in [1.82, 2.24) is 0 Å². The van der Waals surface area contributed by atoms with Crippen molar-refractivity contribution in [3.63, 3.8) is 0 Å². The number of hydrogen-bond donors (Lipinski definition) is 0. The van der Waals surface area contributed by atoms with Gasteiger partial charge >= 0.3 is 0 Å². The molecule has 0 radical (unpaired) electrons. The van der Waals surface area contributed by atoms with Crippen molar-refractivity contribution in [3.05, 3.63) is 133 Å². The molecule has 172 valence electrons. The van der Waals surface area contributed by atoms with Crippen LogP contribution in [0.4, 0.5) is 0 Å². The number of benzene rings is 7. The number of rotatable bonds is 2. The molecule has 0 amide bonds. The van der Waals surface area contributed by atoms with Crippen LogP contribution < -0.4 is 0 Å².